The molecule has 0 heterocycles. The van der Waals surface area contributed by atoms with Gasteiger partial charge in [-0.25, -0.2) is 0 Å². The second-order valence-corrected chi connectivity index (χ2v) is 5.70. The molecule has 0 aliphatic carbocycles. The third-order valence-corrected chi connectivity index (χ3v) is 3.60. The molecule has 0 aliphatic rings. The van der Waals surface area contributed by atoms with Gasteiger partial charge in [-0.3, -0.25) is 4.79 Å². The molecule has 96 valence electrons. The van der Waals surface area contributed by atoms with Gasteiger partial charge in [0.1, 0.15) is 0 Å². The summed E-state index contributed by atoms with van der Waals surface area (Å²) in [7, 11) is 0. The van der Waals surface area contributed by atoms with E-state index in [0.717, 1.165) is 12.2 Å². The molecule has 0 radical (unpaired) electrons. The lowest BCUT2D eigenvalue weighted by Crippen LogP contribution is -2.43. The summed E-state index contributed by atoms with van der Waals surface area (Å²) in [6, 6.07) is 0.755. The van der Waals surface area contributed by atoms with Crippen molar-refractivity contribution in [2.45, 2.75) is 59.2 Å². The molecule has 1 atom stereocenters. The Kier molecular flexibility index (Phi) is 7.85. The largest absolute Gasteiger partial charge is 0.337 e. The van der Waals surface area contributed by atoms with Crippen LogP contribution < -0.4 is 5.73 Å². The average Bonchev–Trinajstić information content (AvgIpc) is 2.16. The lowest BCUT2D eigenvalue weighted by atomic mass is 10.2. The quantitative estimate of drug-likeness (QED) is 0.748. The Balaban J connectivity index is 4.03. The summed E-state index contributed by atoms with van der Waals surface area (Å²) >= 11 is 1.64. The van der Waals surface area contributed by atoms with E-state index in [0.29, 0.717) is 5.75 Å². The van der Waals surface area contributed by atoms with E-state index in [9.17, 15) is 4.79 Å². The number of amides is 1. The minimum Gasteiger partial charge on any atom is -0.337 e. The Morgan fingerprint density at radius 3 is 2.12 bits per heavy atom. The van der Waals surface area contributed by atoms with Crippen LogP contribution in [-0.4, -0.2) is 40.4 Å². The van der Waals surface area contributed by atoms with E-state index in [4.69, 9.17) is 5.73 Å². The maximum absolute atomic E-state index is 12.0. The number of carbonyl (C=O) groups excluding carboxylic acids is 1. The van der Waals surface area contributed by atoms with Crippen LogP contribution in [0.25, 0.3) is 0 Å². The van der Waals surface area contributed by atoms with Crippen LogP contribution in [0.4, 0.5) is 0 Å². The van der Waals surface area contributed by atoms with Crippen LogP contribution in [0, 0.1) is 0 Å². The molecule has 4 heteroatoms. The SMILES string of the molecule is CCC(N)CSCC(=O)N(C(C)C)C(C)C. The van der Waals surface area contributed by atoms with Crippen molar-refractivity contribution in [1.29, 1.82) is 0 Å². The zero-order valence-electron chi connectivity index (χ0n) is 11.2. The normalized spacial score (nSPS) is 13.2. The Morgan fingerprint density at radius 1 is 1.25 bits per heavy atom. The van der Waals surface area contributed by atoms with Gasteiger partial charge in [0.25, 0.3) is 0 Å². The smallest absolute Gasteiger partial charge is 0.233 e. The second-order valence-electron chi connectivity index (χ2n) is 4.67. The first-order chi connectivity index (χ1) is 7.40. The van der Waals surface area contributed by atoms with Gasteiger partial charge in [-0.2, -0.15) is 11.8 Å². The lowest BCUT2D eigenvalue weighted by Gasteiger charge is -2.30. The van der Waals surface area contributed by atoms with Gasteiger partial charge >= 0.3 is 0 Å². The first kappa shape index (κ1) is 15.8. The molecular weight excluding hydrogens is 220 g/mol. The van der Waals surface area contributed by atoms with Gasteiger partial charge in [0.05, 0.1) is 5.75 Å². The van der Waals surface area contributed by atoms with Gasteiger partial charge in [-0.1, -0.05) is 6.92 Å². The maximum Gasteiger partial charge on any atom is 0.233 e. The molecule has 0 saturated heterocycles. The number of hydrogen-bond acceptors (Lipinski definition) is 3. The number of rotatable bonds is 7. The molecule has 0 bridgehead atoms. The third kappa shape index (κ3) is 5.75. The van der Waals surface area contributed by atoms with Crippen molar-refractivity contribution < 1.29 is 4.79 Å². The molecule has 0 aromatic rings. The van der Waals surface area contributed by atoms with Gasteiger partial charge in [0, 0.05) is 23.9 Å². The van der Waals surface area contributed by atoms with Crippen LogP contribution in [0.15, 0.2) is 0 Å². The van der Waals surface area contributed by atoms with E-state index in [2.05, 4.69) is 34.6 Å². The van der Waals surface area contributed by atoms with Gasteiger partial charge in [-0.15, -0.1) is 0 Å². The summed E-state index contributed by atoms with van der Waals surface area (Å²) < 4.78 is 0. The van der Waals surface area contributed by atoms with Crippen LogP contribution >= 0.6 is 11.8 Å². The first-order valence-electron chi connectivity index (χ1n) is 6.04. The number of carbonyl (C=O) groups is 1. The second kappa shape index (κ2) is 7.96. The summed E-state index contributed by atoms with van der Waals surface area (Å²) in [5, 5.41) is 0. The topological polar surface area (TPSA) is 46.3 Å². The van der Waals surface area contributed by atoms with Gasteiger partial charge in [0.2, 0.25) is 5.91 Å². The number of thioether (sulfide) groups is 1. The van der Waals surface area contributed by atoms with Crippen LogP contribution in [0.3, 0.4) is 0 Å². The molecule has 0 aliphatic heterocycles. The third-order valence-electron chi connectivity index (χ3n) is 2.48. The van der Waals surface area contributed by atoms with Crippen molar-refractivity contribution in [3.05, 3.63) is 0 Å². The van der Waals surface area contributed by atoms with E-state index in [1.54, 1.807) is 11.8 Å². The Morgan fingerprint density at radius 2 is 1.75 bits per heavy atom. The van der Waals surface area contributed by atoms with Crippen LogP contribution in [0.2, 0.25) is 0 Å². The Hall–Kier alpha value is -0.220. The lowest BCUT2D eigenvalue weighted by molar-refractivity contribution is -0.131. The zero-order valence-corrected chi connectivity index (χ0v) is 12.0. The van der Waals surface area contributed by atoms with Crippen molar-refractivity contribution in [3.8, 4) is 0 Å². The molecule has 0 aromatic heterocycles. The molecule has 0 rings (SSSR count). The van der Waals surface area contributed by atoms with E-state index >= 15 is 0 Å². The number of hydrogen-bond donors (Lipinski definition) is 1. The molecule has 16 heavy (non-hydrogen) atoms. The van der Waals surface area contributed by atoms with Crippen LogP contribution in [0.1, 0.15) is 41.0 Å². The Bertz CT molecular complexity index is 199. The maximum atomic E-state index is 12.0. The summed E-state index contributed by atoms with van der Waals surface area (Å²) in [4.78, 5) is 13.9. The Labute approximate surface area is 104 Å². The van der Waals surface area contributed by atoms with Gasteiger partial charge in [-0.05, 0) is 34.1 Å². The summed E-state index contributed by atoms with van der Waals surface area (Å²) in [6.45, 7) is 10.3. The number of nitrogens with two attached hydrogens (primary N) is 1. The van der Waals surface area contributed by atoms with Gasteiger partial charge in [0.15, 0.2) is 0 Å². The van der Waals surface area contributed by atoms with Crippen LogP contribution in [0.5, 0.6) is 0 Å². The average molecular weight is 246 g/mol. The van der Waals surface area contributed by atoms with Crippen molar-refractivity contribution >= 4 is 17.7 Å². The fourth-order valence-electron chi connectivity index (χ4n) is 1.66. The van der Waals surface area contributed by atoms with Crippen molar-refractivity contribution in [2.75, 3.05) is 11.5 Å². The molecule has 2 N–H and O–H groups in total. The van der Waals surface area contributed by atoms with E-state index < -0.39 is 0 Å². The zero-order chi connectivity index (χ0) is 12.7. The predicted molar refractivity (Wildman–Crippen MR) is 72.7 cm³/mol. The highest BCUT2D eigenvalue weighted by Crippen LogP contribution is 2.11. The number of nitrogens with zero attached hydrogens (tertiary/aromatic N) is 1. The minimum atomic E-state index is 0.212. The molecule has 1 amide bonds. The van der Waals surface area contributed by atoms with Gasteiger partial charge < -0.3 is 10.6 Å². The molecule has 3 nitrogen and oxygen atoms in total. The highest BCUT2D eigenvalue weighted by Gasteiger charge is 2.19. The van der Waals surface area contributed by atoms with E-state index in [1.165, 1.54) is 0 Å². The van der Waals surface area contributed by atoms with Crippen molar-refractivity contribution in [3.63, 3.8) is 0 Å². The summed E-state index contributed by atoms with van der Waals surface area (Å²) in [5.41, 5.74) is 5.81. The minimum absolute atomic E-state index is 0.212. The molecule has 0 saturated carbocycles. The summed E-state index contributed by atoms with van der Waals surface area (Å²) in [5.74, 6) is 1.63. The monoisotopic (exact) mass is 246 g/mol. The first-order valence-corrected chi connectivity index (χ1v) is 7.20. The fourth-order valence-corrected chi connectivity index (χ4v) is 2.64. The van der Waals surface area contributed by atoms with Crippen molar-refractivity contribution in [1.82, 2.24) is 4.90 Å². The van der Waals surface area contributed by atoms with Crippen molar-refractivity contribution in [2.24, 2.45) is 5.73 Å². The summed E-state index contributed by atoms with van der Waals surface area (Å²) in [6.07, 6.45) is 0.971. The highest BCUT2D eigenvalue weighted by atomic mass is 32.2. The highest BCUT2D eigenvalue weighted by molar-refractivity contribution is 7.99. The van der Waals surface area contributed by atoms with E-state index in [-0.39, 0.29) is 24.0 Å². The standard InChI is InChI=1S/C12H26N2OS/c1-6-11(13)7-16-8-12(15)14(9(2)3)10(4)5/h9-11H,6-8,13H2,1-5H3. The molecular formula is C12H26N2OS. The molecule has 0 spiro atoms. The fraction of sp³-hybridized carbons (Fsp3) is 0.917. The predicted octanol–water partition coefficient (Wildman–Crippen LogP) is 2.10. The van der Waals surface area contributed by atoms with Crippen LogP contribution in [-0.2, 0) is 4.79 Å². The van der Waals surface area contributed by atoms with E-state index in [1.807, 2.05) is 4.90 Å². The molecule has 0 aromatic carbocycles. The molecule has 0 fully saturated rings. The molecule has 1 unspecified atom stereocenters.